The molecule has 3 rings (SSSR count). The molecule has 2 aromatic rings. The predicted octanol–water partition coefficient (Wildman–Crippen LogP) is 2.51. The summed E-state index contributed by atoms with van der Waals surface area (Å²) in [7, 11) is 0. The standard InChI is InChI=1S/C14H19N3OS/c1-10-8-17(6-5-15-10)9-12-7-16-14(19-12)13-4-3-11(2)18-13/h3-4,7,10,15H,5-6,8-9H2,1-2H3/t10-/m1/s1. The SMILES string of the molecule is Cc1ccc(-c2ncc(CN3CCN[C@H](C)C3)s2)o1. The Hall–Kier alpha value is -1.17. The van der Waals surface area contributed by atoms with Crippen molar-refractivity contribution < 1.29 is 4.42 Å². The highest BCUT2D eigenvalue weighted by atomic mass is 32.1. The Morgan fingerprint density at radius 1 is 1.53 bits per heavy atom. The van der Waals surface area contributed by atoms with Crippen LogP contribution in [0.5, 0.6) is 0 Å². The lowest BCUT2D eigenvalue weighted by atomic mass is 10.2. The summed E-state index contributed by atoms with van der Waals surface area (Å²) in [5, 5.41) is 4.44. The molecule has 0 spiro atoms. The van der Waals surface area contributed by atoms with E-state index in [-0.39, 0.29) is 0 Å². The minimum Gasteiger partial charge on any atom is -0.459 e. The summed E-state index contributed by atoms with van der Waals surface area (Å²) in [5.74, 6) is 1.81. The summed E-state index contributed by atoms with van der Waals surface area (Å²) in [4.78, 5) is 8.25. The third kappa shape index (κ3) is 3.05. The summed E-state index contributed by atoms with van der Waals surface area (Å²) in [6, 6.07) is 4.55. The number of piperazine rings is 1. The fourth-order valence-electron chi connectivity index (χ4n) is 2.42. The van der Waals surface area contributed by atoms with E-state index in [0.29, 0.717) is 6.04 Å². The summed E-state index contributed by atoms with van der Waals surface area (Å²) in [6.45, 7) is 8.47. The van der Waals surface area contributed by atoms with E-state index in [0.717, 1.165) is 42.7 Å². The molecule has 4 nitrogen and oxygen atoms in total. The average molecular weight is 277 g/mol. The summed E-state index contributed by atoms with van der Waals surface area (Å²) in [5.41, 5.74) is 0. The lowest BCUT2D eigenvalue weighted by molar-refractivity contribution is 0.201. The number of rotatable bonds is 3. The number of aryl methyl sites for hydroxylation is 1. The van der Waals surface area contributed by atoms with Gasteiger partial charge in [0.15, 0.2) is 10.8 Å². The average Bonchev–Trinajstić information content (AvgIpc) is 2.98. The molecule has 2 aromatic heterocycles. The topological polar surface area (TPSA) is 41.3 Å². The van der Waals surface area contributed by atoms with Crippen LogP contribution in [0.1, 0.15) is 17.6 Å². The molecule has 0 aromatic carbocycles. The maximum absolute atomic E-state index is 5.61. The highest BCUT2D eigenvalue weighted by molar-refractivity contribution is 7.14. The number of aromatic nitrogens is 1. The molecule has 0 radical (unpaired) electrons. The Kier molecular flexibility index (Phi) is 3.68. The maximum atomic E-state index is 5.61. The van der Waals surface area contributed by atoms with Crippen LogP contribution in [0.4, 0.5) is 0 Å². The van der Waals surface area contributed by atoms with E-state index >= 15 is 0 Å². The number of thiazole rings is 1. The van der Waals surface area contributed by atoms with Crippen molar-refractivity contribution in [1.82, 2.24) is 15.2 Å². The Balaban J connectivity index is 1.68. The van der Waals surface area contributed by atoms with E-state index in [1.165, 1.54) is 4.88 Å². The molecule has 1 saturated heterocycles. The van der Waals surface area contributed by atoms with Crippen LogP contribution >= 0.6 is 11.3 Å². The number of furan rings is 1. The number of hydrogen-bond acceptors (Lipinski definition) is 5. The highest BCUT2D eigenvalue weighted by Gasteiger charge is 2.17. The van der Waals surface area contributed by atoms with E-state index in [4.69, 9.17) is 4.42 Å². The van der Waals surface area contributed by atoms with Crippen molar-refractivity contribution >= 4 is 11.3 Å². The molecule has 0 bridgehead atoms. The second-order valence-electron chi connectivity index (χ2n) is 5.13. The van der Waals surface area contributed by atoms with Gasteiger partial charge in [0.05, 0.1) is 0 Å². The van der Waals surface area contributed by atoms with Crippen LogP contribution in [-0.2, 0) is 6.54 Å². The highest BCUT2D eigenvalue weighted by Crippen LogP contribution is 2.27. The first-order valence-corrected chi connectivity index (χ1v) is 7.49. The third-order valence-corrected chi connectivity index (χ3v) is 4.33. The molecule has 1 aliphatic heterocycles. The smallest absolute Gasteiger partial charge is 0.162 e. The first-order valence-electron chi connectivity index (χ1n) is 6.68. The van der Waals surface area contributed by atoms with Gasteiger partial charge in [0.25, 0.3) is 0 Å². The van der Waals surface area contributed by atoms with E-state index in [9.17, 15) is 0 Å². The fraction of sp³-hybridized carbons (Fsp3) is 0.500. The minimum absolute atomic E-state index is 0.578. The zero-order valence-electron chi connectivity index (χ0n) is 11.3. The van der Waals surface area contributed by atoms with Crippen molar-refractivity contribution in [2.24, 2.45) is 0 Å². The van der Waals surface area contributed by atoms with Gasteiger partial charge >= 0.3 is 0 Å². The zero-order valence-corrected chi connectivity index (χ0v) is 12.2. The third-order valence-electron chi connectivity index (χ3n) is 3.34. The molecule has 0 unspecified atom stereocenters. The van der Waals surface area contributed by atoms with Crippen molar-refractivity contribution in [2.45, 2.75) is 26.4 Å². The number of nitrogens with zero attached hydrogens (tertiary/aromatic N) is 2. The lowest BCUT2D eigenvalue weighted by Crippen LogP contribution is -2.48. The van der Waals surface area contributed by atoms with Crippen LogP contribution < -0.4 is 5.32 Å². The van der Waals surface area contributed by atoms with E-state index in [1.54, 1.807) is 11.3 Å². The molecule has 0 amide bonds. The molecule has 1 atom stereocenters. The monoisotopic (exact) mass is 277 g/mol. The van der Waals surface area contributed by atoms with Crippen LogP contribution in [0.2, 0.25) is 0 Å². The van der Waals surface area contributed by atoms with Crippen LogP contribution in [-0.4, -0.2) is 35.6 Å². The molecule has 102 valence electrons. The summed E-state index contributed by atoms with van der Waals surface area (Å²) in [6.07, 6.45) is 1.98. The first kappa shape index (κ1) is 12.8. The van der Waals surface area contributed by atoms with E-state index < -0.39 is 0 Å². The zero-order chi connectivity index (χ0) is 13.2. The molecule has 1 aliphatic rings. The molecule has 0 saturated carbocycles. The Labute approximate surface area is 117 Å². The largest absolute Gasteiger partial charge is 0.459 e. The van der Waals surface area contributed by atoms with Crippen LogP contribution in [0, 0.1) is 6.92 Å². The van der Waals surface area contributed by atoms with Gasteiger partial charge in [-0.25, -0.2) is 4.98 Å². The number of hydrogen-bond donors (Lipinski definition) is 1. The van der Waals surface area contributed by atoms with Crippen molar-refractivity contribution in [3.63, 3.8) is 0 Å². The van der Waals surface area contributed by atoms with Gasteiger partial charge in [-0.2, -0.15) is 0 Å². The van der Waals surface area contributed by atoms with Gasteiger partial charge in [0.2, 0.25) is 0 Å². The Morgan fingerprint density at radius 3 is 3.16 bits per heavy atom. The first-order chi connectivity index (χ1) is 9.20. The van der Waals surface area contributed by atoms with E-state index in [2.05, 4.69) is 22.1 Å². The Morgan fingerprint density at radius 2 is 2.42 bits per heavy atom. The molecule has 1 N–H and O–H groups in total. The van der Waals surface area contributed by atoms with Gasteiger partial charge in [-0.05, 0) is 26.0 Å². The van der Waals surface area contributed by atoms with E-state index in [1.807, 2.05) is 25.3 Å². The lowest BCUT2D eigenvalue weighted by Gasteiger charge is -2.31. The molecule has 1 fully saturated rings. The maximum Gasteiger partial charge on any atom is 0.162 e. The fourth-order valence-corrected chi connectivity index (χ4v) is 3.34. The molecule has 3 heterocycles. The van der Waals surface area contributed by atoms with Crippen LogP contribution in [0.3, 0.4) is 0 Å². The molecular weight excluding hydrogens is 258 g/mol. The quantitative estimate of drug-likeness (QED) is 0.936. The van der Waals surface area contributed by atoms with Gasteiger partial charge in [-0.15, -0.1) is 11.3 Å². The minimum atomic E-state index is 0.578. The molecule has 19 heavy (non-hydrogen) atoms. The van der Waals surface area contributed by atoms with Gasteiger partial charge in [0, 0.05) is 43.3 Å². The van der Waals surface area contributed by atoms with Gasteiger partial charge in [-0.1, -0.05) is 0 Å². The van der Waals surface area contributed by atoms with Crippen LogP contribution in [0.25, 0.3) is 10.8 Å². The second-order valence-corrected chi connectivity index (χ2v) is 6.25. The van der Waals surface area contributed by atoms with Crippen molar-refractivity contribution in [3.8, 4) is 10.8 Å². The van der Waals surface area contributed by atoms with Crippen molar-refractivity contribution in [1.29, 1.82) is 0 Å². The van der Waals surface area contributed by atoms with Crippen molar-refractivity contribution in [2.75, 3.05) is 19.6 Å². The summed E-state index contributed by atoms with van der Waals surface area (Å²) < 4.78 is 5.61. The Bertz CT molecular complexity index is 548. The van der Waals surface area contributed by atoms with Gasteiger partial charge < -0.3 is 9.73 Å². The molecule has 0 aliphatic carbocycles. The molecular formula is C14H19N3OS. The van der Waals surface area contributed by atoms with Crippen molar-refractivity contribution in [3.05, 3.63) is 29.0 Å². The predicted molar refractivity (Wildman–Crippen MR) is 77.3 cm³/mol. The van der Waals surface area contributed by atoms with Gasteiger partial charge in [0.1, 0.15) is 5.76 Å². The normalized spacial score (nSPS) is 20.8. The van der Waals surface area contributed by atoms with Gasteiger partial charge in [-0.3, -0.25) is 4.90 Å². The second kappa shape index (κ2) is 5.45. The summed E-state index contributed by atoms with van der Waals surface area (Å²) >= 11 is 1.73. The molecule has 5 heteroatoms. The number of nitrogens with one attached hydrogen (secondary N) is 1. The van der Waals surface area contributed by atoms with Crippen LogP contribution in [0.15, 0.2) is 22.7 Å².